The number of esters is 1. The summed E-state index contributed by atoms with van der Waals surface area (Å²) in [4.78, 5) is 28.7. The predicted molar refractivity (Wildman–Crippen MR) is 96.2 cm³/mol. The second-order valence-electron chi connectivity index (χ2n) is 6.69. The second-order valence-corrected chi connectivity index (χ2v) is 6.69. The summed E-state index contributed by atoms with van der Waals surface area (Å²) in [7, 11) is 0. The third-order valence-electron chi connectivity index (χ3n) is 4.75. The maximum Gasteiger partial charge on any atom is 0.357 e. The minimum Gasteiger partial charge on any atom is -0.448 e. The molecule has 132 valence electrons. The standard InChI is InChI=1S/C20H24N2O3/c1-14(19(23)21-13-15-7-3-2-4-8-15)25-20(24)18-12-11-16-9-5-6-10-17(16)22-18/h5-6,9-12,14-15H,2-4,7-8,13H2,1H3,(H,21,23). The van der Waals surface area contributed by atoms with Gasteiger partial charge in [0.2, 0.25) is 0 Å². The van der Waals surface area contributed by atoms with Crippen LogP contribution in [0.3, 0.4) is 0 Å². The molecule has 1 saturated carbocycles. The number of fused-ring (bicyclic) bond motifs is 1. The van der Waals surface area contributed by atoms with Crippen molar-refractivity contribution in [2.75, 3.05) is 6.54 Å². The summed E-state index contributed by atoms with van der Waals surface area (Å²) < 4.78 is 5.27. The van der Waals surface area contributed by atoms with E-state index in [0.29, 0.717) is 12.5 Å². The van der Waals surface area contributed by atoms with Crippen LogP contribution in [0.5, 0.6) is 0 Å². The Hall–Kier alpha value is -2.43. The first-order valence-corrected chi connectivity index (χ1v) is 8.98. The molecular formula is C20H24N2O3. The van der Waals surface area contributed by atoms with Crippen LogP contribution in [0.25, 0.3) is 10.9 Å². The Labute approximate surface area is 147 Å². The Bertz CT molecular complexity index is 753. The number of hydrogen-bond acceptors (Lipinski definition) is 4. The highest BCUT2D eigenvalue weighted by atomic mass is 16.5. The molecule has 1 unspecified atom stereocenters. The quantitative estimate of drug-likeness (QED) is 0.846. The SMILES string of the molecule is CC(OC(=O)c1ccc2ccccc2n1)C(=O)NCC1CCCCC1. The van der Waals surface area contributed by atoms with E-state index in [4.69, 9.17) is 4.74 Å². The van der Waals surface area contributed by atoms with E-state index in [1.807, 2.05) is 30.3 Å². The van der Waals surface area contributed by atoms with Crippen LogP contribution in [0.2, 0.25) is 0 Å². The Morgan fingerprint density at radius 2 is 1.92 bits per heavy atom. The van der Waals surface area contributed by atoms with Gasteiger partial charge in [0.15, 0.2) is 6.10 Å². The molecule has 0 bridgehead atoms. The van der Waals surface area contributed by atoms with Crippen molar-refractivity contribution in [2.45, 2.75) is 45.1 Å². The van der Waals surface area contributed by atoms with Crippen molar-refractivity contribution < 1.29 is 14.3 Å². The van der Waals surface area contributed by atoms with Crippen molar-refractivity contribution in [3.05, 3.63) is 42.1 Å². The molecule has 2 aromatic rings. The van der Waals surface area contributed by atoms with Gasteiger partial charge in [0, 0.05) is 11.9 Å². The van der Waals surface area contributed by atoms with Crippen LogP contribution in [0, 0.1) is 5.92 Å². The van der Waals surface area contributed by atoms with Gasteiger partial charge in [0.25, 0.3) is 5.91 Å². The molecule has 1 fully saturated rings. The number of rotatable bonds is 5. The van der Waals surface area contributed by atoms with Crippen LogP contribution in [0.15, 0.2) is 36.4 Å². The topological polar surface area (TPSA) is 68.3 Å². The zero-order valence-electron chi connectivity index (χ0n) is 14.5. The van der Waals surface area contributed by atoms with Crippen molar-refractivity contribution >= 4 is 22.8 Å². The Morgan fingerprint density at radius 3 is 2.72 bits per heavy atom. The Kier molecular flexibility index (Phi) is 5.64. The third kappa shape index (κ3) is 4.56. The number of carbonyl (C=O) groups is 2. The van der Waals surface area contributed by atoms with Gasteiger partial charge in [-0.25, -0.2) is 9.78 Å². The minimum absolute atomic E-state index is 0.214. The summed E-state index contributed by atoms with van der Waals surface area (Å²) in [6.07, 6.45) is 5.25. The smallest absolute Gasteiger partial charge is 0.357 e. The van der Waals surface area contributed by atoms with Gasteiger partial charge >= 0.3 is 5.97 Å². The number of nitrogens with one attached hydrogen (secondary N) is 1. The van der Waals surface area contributed by atoms with E-state index in [1.54, 1.807) is 13.0 Å². The molecule has 1 amide bonds. The van der Waals surface area contributed by atoms with Crippen molar-refractivity contribution in [3.8, 4) is 0 Å². The van der Waals surface area contributed by atoms with Crippen LogP contribution in [-0.2, 0) is 9.53 Å². The fourth-order valence-electron chi connectivity index (χ4n) is 3.23. The van der Waals surface area contributed by atoms with Crippen molar-refractivity contribution in [1.29, 1.82) is 0 Å². The fraction of sp³-hybridized carbons (Fsp3) is 0.450. The van der Waals surface area contributed by atoms with E-state index in [2.05, 4.69) is 10.3 Å². The molecule has 0 aliphatic heterocycles. The molecule has 5 nitrogen and oxygen atoms in total. The molecule has 1 N–H and O–H groups in total. The van der Waals surface area contributed by atoms with E-state index in [0.717, 1.165) is 23.7 Å². The Morgan fingerprint density at radius 1 is 1.16 bits per heavy atom. The molecule has 1 aliphatic carbocycles. The number of carbonyl (C=O) groups excluding carboxylic acids is 2. The molecule has 1 aliphatic rings. The largest absolute Gasteiger partial charge is 0.448 e. The lowest BCUT2D eigenvalue weighted by Gasteiger charge is -2.22. The first-order valence-electron chi connectivity index (χ1n) is 8.98. The number of benzene rings is 1. The van der Waals surface area contributed by atoms with Gasteiger partial charge in [0.1, 0.15) is 5.69 Å². The highest BCUT2D eigenvalue weighted by Crippen LogP contribution is 2.22. The average Bonchev–Trinajstić information content (AvgIpc) is 2.66. The van der Waals surface area contributed by atoms with Gasteiger partial charge < -0.3 is 10.1 Å². The summed E-state index contributed by atoms with van der Waals surface area (Å²) in [5.74, 6) is -0.284. The van der Waals surface area contributed by atoms with Crippen LogP contribution >= 0.6 is 0 Å². The van der Waals surface area contributed by atoms with Crippen LogP contribution in [-0.4, -0.2) is 29.5 Å². The fourth-order valence-corrected chi connectivity index (χ4v) is 3.23. The van der Waals surface area contributed by atoms with Gasteiger partial charge in [-0.1, -0.05) is 43.5 Å². The minimum atomic E-state index is -0.829. The van der Waals surface area contributed by atoms with Gasteiger partial charge in [-0.3, -0.25) is 4.79 Å². The number of ether oxygens (including phenoxy) is 1. The zero-order valence-corrected chi connectivity index (χ0v) is 14.5. The number of aromatic nitrogens is 1. The van der Waals surface area contributed by atoms with E-state index in [1.165, 1.54) is 19.3 Å². The maximum atomic E-state index is 12.2. The summed E-state index contributed by atoms with van der Waals surface area (Å²) >= 11 is 0. The molecule has 0 saturated heterocycles. The number of hydrogen-bond donors (Lipinski definition) is 1. The van der Waals surface area contributed by atoms with Crippen LogP contribution < -0.4 is 5.32 Å². The summed E-state index contributed by atoms with van der Waals surface area (Å²) in [5, 5.41) is 3.86. The third-order valence-corrected chi connectivity index (χ3v) is 4.75. The van der Waals surface area contributed by atoms with E-state index in [-0.39, 0.29) is 11.6 Å². The highest BCUT2D eigenvalue weighted by Gasteiger charge is 2.21. The molecule has 0 radical (unpaired) electrons. The molecule has 5 heteroatoms. The average molecular weight is 340 g/mol. The van der Waals surface area contributed by atoms with Gasteiger partial charge in [-0.05, 0) is 37.8 Å². The molecule has 0 spiro atoms. The molecule has 25 heavy (non-hydrogen) atoms. The normalized spacial score (nSPS) is 16.4. The highest BCUT2D eigenvalue weighted by molar-refractivity contribution is 5.93. The van der Waals surface area contributed by atoms with Crippen LogP contribution in [0.1, 0.15) is 49.5 Å². The summed E-state index contributed by atoms with van der Waals surface area (Å²) in [6, 6.07) is 11.0. The number of amides is 1. The monoisotopic (exact) mass is 340 g/mol. The lowest BCUT2D eigenvalue weighted by molar-refractivity contribution is -0.129. The lowest BCUT2D eigenvalue weighted by atomic mass is 9.89. The molecule has 3 rings (SSSR count). The summed E-state index contributed by atoms with van der Waals surface area (Å²) in [6.45, 7) is 2.25. The van der Waals surface area contributed by atoms with E-state index in [9.17, 15) is 9.59 Å². The summed E-state index contributed by atoms with van der Waals surface area (Å²) in [5.41, 5.74) is 0.942. The van der Waals surface area contributed by atoms with E-state index >= 15 is 0 Å². The van der Waals surface area contributed by atoms with Crippen molar-refractivity contribution in [3.63, 3.8) is 0 Å². The molecule has 1 heterocycles. The van der Waals surface area contributed by atoms with E-state index < -0.39 is 12.1 Å². The zero-order chi connectivity index (χ0) is 17.6. The van der Waals surface area contributed by atoms with Crippen molar-refractivity contribution in [1.82, 2.24) is 10.3 Å². The van der Waals surface area contributed by atoms with Gasteiger partial charge in [-0.15, -0.1) is 0 Å². The number of pyridine rings is 1. The first kappa shape index (κ1) is 17.4. The molecule has 1 aromatic carbocycles. The first-order chi connectivity index (χ1) is 12.1. The molecule has 1 atom stereocenters. The Balaban J connectivity index is 1.54. The van der Waals surface area contributed by atoms with Crippen molar-refractivity contribution in [2.24, 2.45) is 5.92 Å². The number of nitrogens with zero attached hydrogens (tertiary/aromatic N) is 1. The second kappa shape index (κ2) is 8.10. The maximum absolute atomic E-state index is 12.2. The number of para-hydroxylation sites is 1. The molecule has 1 aromatic heterocycles. The van der Waals surface area contributed by atoms with Gasteiger partial charge in [-0.2, -0.15) is 0 Å². The predicted octanol–water partition coefficient (Wildman–Crippen LogP) is 3.48. The van der Waals surface area contributed by atoms with Gasteiger partial charge in [0.05, 0.1) is 5.52 Å². The lowest BCUT2D eigenvalue weighted by Crippen LogP contribution is -2.38. The van der Waals surface area contributed by atoms with Crippen LogP contribution in [0.4, 0.5) is 0 Å². The molecular weight excluding hydrogens is 316 g/mol.